The number of nitrogens with one attached hydrogen (secondary N) is 2. The van der Waals surface area contributed by atoms with Crippen molar-refractivity contribution >= 4 is 45.0 Å². The van der Waals surface area contributed by atoms with E-state index < -0.39 is 10.0 Å². The second-order valence-corrected chi connectivity index (χ2v) is 8.30. The molecule has 0 bridgehead atoms. The number of ether oxygens (including phenoxy) is 1. The van der Waals surface area contributed by atoms with E-state index in [9.17, 15) is 13.2 Å². The average molecular weight is 443 g/mol. The zero-order valence-electron chi connectivity index (χ0n) is 16.0. The zero-order valence-corrected chi connectivity index (χ0v) is 17.6. The number of anilines is 2. The van der Waals surface area contributed by atoms with Gasteiger partial charge in [0.1, 0.15) is 5.75 Å². The summed E-state index contributed by atoms with van der Waals surface area (Å²) in [5.74, 6) is 0.319. The molecule has 3 aromatic carbocycles. The Hall–Kier alpha value is -3.29. The Kier molecular flexibility index (Phi) is 6.76. The van der Waals surface area contributed by atoms with Crippen LogP contribution in [0.3, 0.4) is 0 Å². The number of methoxy groups -OCH3 is 1. The van der Waals surface area contributed by atoms with Crippen LogP contribution in [0, 0.1) is 0 Å². The Morgan fingerprint density at radius 3 is 2.43 bits per heavy atom. The quantitative estimate of drug-likeness (QED) is 0.514. The second-order valence-electron chi connectivity index (χ2n) is 6.21. The van der Waals surface area contributed by atoms with Crippen LogP contribution in [0.1, 0.15) is 5.56 Å². The molecule has 3 rings (SSSR count). The Balaban J connectivity index is 1.66. The van der Waals surface area contributed by atoms with Crippen molar-refractivity contribution in [2.24, 2.45) is 0 Å². The van der Waals surface area contributed by atoms with Crippen LogP contribution in [-0.4, -0.2) is 21.4 Å². The number of hydrogen-bond acceptors (Lipinski definition) is 4. The SMILES string of the molecule is COc1cccc(NC(=O)/C=C/c2ccc(S(=O)(=O)Nc3ccccc3Cl)cc2)c1. The van der Waals surface area contributed by atoms with Gasteiger partial charge in [0.05, 0.1) is 22.7 Å². The normalized spacial score (nSPS) is 11.3. The summed E-state index contributed by atoms with van der Waals surface area (Å²) in [6.07, 6.45) is 2.96. The van der Waals surface area contributed by atoms with E-state index in [0.29, 0.717) is 27.7 Å². The van der Waals surface area contributed by atoms with Crippen LogP contribution in [0.25, 0.3) is 6.08 Å². The van der Waals surface area contributed by atoms with E-state index in [-0.39, 0.29) is 10.8 Å². The van der Waals surface area contributed by atoms with Gasteiger partial charge in [-0.2, -0.15) is 0 Å². The van der Waals surface area contributed by atoms with Crippen LogP contribution < -0.4 is 14.8 Å². The lowest BCUT2D eigenvalue weighted by molar-refractivity contribution is -0.111. The fourth-order valence-electron chi connectivity index (χ4n) is 2.56. The minimum atomic E-state index is -3.78. The van der Waals surface area contributed by atoms with Gasteiger partial charge < -0.3 is 10.1 Å². The number of rotatable bonds is 7. The van der Waals surface area contributed by atoms with Gasteiger partial charge in [0.2, 0.25) is 5.91 Å². The molecular weight excluding hydrogens is 424 g/mol. The third kappa shape index (κ3) is 5.62. The number of sulfonamides is 1. The van der Waals surface area contributed by atoms with Crippen molar-refractivity contribution in [3.8, 4) is 5.75 Å². The third-order valence-corrected chi connectivity index (χ3v) is 5.78. The molecule has 8 heteroatoms. The molecule has 0 fully saturated rings. The van der Waals surface area contributed by atoms with E-state index >= 15 is 0 Å². The second kappa shape index (κ2) is 9.47. The summed E-state index contributed by atoms with van der Waals surface area (Å²) in [5, 5.41) is 3.04. The molecule has 0 atom stereocenters. The lowest BCUT2D eigenvalue weighted by Gasteiger charge is -2.09. The topological polar surface area (TPSA) is 84.5 Å². The number of para-hydroxylation sites is 1. The Morgan fingerprint density at radius 2 is 1.73 bits per heavy atom. The molecule has 6 nitrogen and oxygen atoms in total. The predicted molar refractivity (Wildman–Crippen MR) is 119 cm³/mol. The Morgan fingerprint density at radius 1 is 1.00 bits per heavy atom. The van der Waals surface area contributed by atoms with E-state index in [1.54, 1.807) is 73.8 Å². The van der Waals surface area contributed by atoms with Crippen molar-refractivity contribution < 1.29 is 17.9 Å². The zero-order chi connectivity index (χ0) is 21.6. The molecule has 1 amide bonds. The first kappa shape index (κ1) is 21.4. The fourth-order valence-corrected chi connectivity index (χ4v) is 3.88. The molecule has 0 aliphatic carbocycles. The number of amides is 1. The summed E-state index contributed by atoms with van der Waals surface area (Å²) in [6, 6.07) is 19.7. The van der Waals surface area contributed by atoms with Crippen LogP contribution in [0.5, 0.6) is 5.75 Å². The Bertz CT molecular complexity index is 1180. The lowest BCUT2D eigenvalue weighted by atomic mass is 10.2. The van der Waals surface area contributed by atoms with Gasteiger partial charge in [-0.1, -0.05) is 41.9 Å². The molecule has 0 aromatic heterocycles. The van der Waals surface area contributed by atoms with Crippen molar-refractivity contribution in [2.75, 3.05) is 17.1 Å². The molecule has 0 heterocycles. The summed E-state index contributed by atoms with van der Waals surface area (Å²) in [4.78, 5) is 12.2. The Labute approximate surface area is 180 Å². The molecule has 3 aromatic rings. The van der Waals surface area contributed by atoms with Crippen LogP contribution in [0.2, 0.25) is 5.02 Å². The first-order valence-corrected chi connectivity index (χ1v) is 10.7. The van der Waals surface area contributed by atoms with Crippen LogP contribution in [0.4, 0.5) is 11.4 Å². The van der Waals surface area contributed by atoms with Gasteiger partial charge in [0, 0.05) is 17.8 Å². The van der Waals surface area contributed by atoms with E-state index in [0.717, 1.165) is 0 Å². The van der Waals surface area contributed by atoms with Crippen molar-refractivity contribution in [2.45, 2.75) is 4.90 Å². The highest BCUT2D eigenvalue weighted by atomic mass is 35.5. The summed E-state index contributed by atoms with van der Waals surface area (Å²) < 4.78 is 32.6. The van der Waals surface area contributed by atoms with Gasteiger partial charge in [-0.15, -0.1) is 0 Å². The minimum Gasteiger partial charge on any atom is -0.497 e. The third-order valence-electron chi connectivity index (χ3n) is 4.07. The molecule has 30 heavy (non-hydrogen) atoms. The van der Waals surface area contributed by atoms with Gasteiger partial charge in [0.15, 0.2) is 0 Å². The summed E-state index contributed by atoms with van der Waals surface area (Å²) >= 11 is 6.01. The molecule has 0 unspecified atom stereocenters. The maximum Gasteiger partial charge on any atom is 0.261 e. The minimum absolute atomic E-state index is 0.0837. The molecule has 0 aliphatic heterocycles. The highest BCUT2D eigenvalue weighted by molar-refractivity contribution is 7.92. The summed E-state index contributed by atoms with van der Waals surface area (Å²) in [7, 11) is -2.23. The van der Waals surface area contributed by atoms with Crippen molar-refractivity contribution in [3.05, 3.63) is 89.5 Å². The largest absolute Gasteiger partial charge is 0.497 e. The molecule has 0 spiro atoms. The molecule has 154 valence electrons. The van der Waals surface area contributed by atoms with Gasteiger partial charge in [0.25, 0.3) is 10.0 Å². The van der Waals surface area contributed by atoms with Gasteiger partial charge in [-0.3, -0.25) is 9.52 Å². The monoisotopic (exact) mass is 442 g/mol. The number of hydrogen-bond donors (Lipinski definition) is 2. The molecule has 0 radical (unpaired) electrons. The number of carbonyl (C=O) groups is 1. The number of halogens is 1. The van der Waals surface area contributed by atoms with Crippen LogP contribution in [0.15, 0.2) is 83.8 Å². The number of benzene rings is 3. The molecule has 0 saturated heterocycles. The van der Waals surface area contributed by atoms with Gasteiger partial charge in [-0.25, -0.2) is 8.42 Å². The molecule has 0 aliphatic rings. The molecule has 0 saturated carbocycles. The maximum absolute atomic E-state index is 12.5. The van der Waals surface area contributed by atoms with Crippen LogP contribution >= 0.6 is 11.6 Å². The van der Waals surface area contributed by atoms with Gasteiger partial charge in [-0.05, 0) is 48.0 Å². The van der Waals surface area contributed by atoms with E-state index in [1.165, 1.54) is 18.2 Å². The van der Waals surface area contributed by atoms with Crippen molar-refractivity contribution in [1.29, 1.82) is 0 Å². The lowest BCUT2D eigenvalue weighted by Crippen LogP contribution is -2.13. The van der Waals surface area contributed by atoms with E-state index in [4.69, 9.17) is 16.3 Å². The maximum atomic E-state index is 12.5. The first-order chi connectivity index (χ1) is 14.4. The highest BCUT2D eigenvalue weighted by Crippen LogP contribution is 2.24. The van der Waals surface area contributed by atoms with E-state index in [2.05, 4.69) is 10.0 Å². The smallest absolute Gasteiger partial charge is 0.261 e. The molecule has 2 N–H and O–H groups in total. The highest BCUT2D eigenvalue weighted by Gasteiger charge is 2.15. The average Bonchev–Trinajstić information content (AvgIpc) is 2.74. The first-order valence-electron chi connectivity index (χ1n) is 8.88. The van der Waals surface area contributed by atoms with Crippen LogP contribution in [-0.2, 0) is 14.8 Å². The van der Waals surface area contributed by atoms with Gasteiger partial charge >= 0.3 is 0 Å². The molecular formula is C22H19ClN2O4S. The number of carbonyl (C=O) groups excluding carboxylic acids is 1. The van der Waals surface area contributed by atoms with E-state index in [1.807, 2.05) is 0 Å². The van der Waals surface area contributed by atoms with Crippen molar-refractivity contribution in [3.63, 3.8) is 0 Å². The predicted octanol–water partition coefficient (Wildman–Crippen LogP) is 4.80. The fraction of sp³-hybridized carbons (Fsp3) is 0.0455. The summed E-state index contributed by atoms with van der Waals surface area (Å²) in [6.45, 7) is 0. The standard InChI is InChI=1S/C22H19ClN2O4S/c1-29-18-6-4-5-17(15-18)24-22(26)14-11-16-9-12-19(13-10-16)30(27,28)25-21-8-3-2-7-20(21)23/h2-15,25H,1H3,(H,24,26)/b14-11+. The summed E-state index contributed by atoms with van der Waals surface area (Å²) in [5.41, 5.74) is 1.58. The van der Waals surface area contributed by atoms with Crippen molar-refractivity contribution in [1.82, 2.24) is 0 Å².